The van der Waals surface area contributed by atoms with Crippen LogP contribution in [-0.2, 0) is 9.53 Å². The van der Waals surface area contributed by atoms with Crippen LogP contribution in [0, 0.1) is 0 Å². The first-order valence-corrected chi connectivity index (χ1v) is 5.19. The lowest BCUT2D eigenvalue weighted by molar-refractivity contribution is -0.143. The molecule has 0 fully saturated rings. The highest BCUT2D eigenvalue weighted by molar-refractivity contribution is 5.69. The second-order valence-electron chi connectivity index (χ2n) is 3.16. The van der Waals surface area contributed by atoms with Gasteiger partial charge >= 0.3 is 5.97 Å². The van der Waals surface area contributed by atoms with Crippen LogP contribution in [0.4, 0.5) is 11.6 Å². The molecule has 0 spiro atoms. The first-order chi connectivity index (χ1) is 7.72. The summed E-state index contributed by atoms with van der Waals surface area (Å²) < 4.78 is 4.80. The Bertz CT molecular complexity index is 343. The van der Waals surface area contributed by atoms with Crippen molar-refractivity contribution in [3.05, 3.63) is 12.4 Å². The molecular weight excluding hydrogens is 208 g/mol. The molecule has 0 bridgehead atoms. The molecule has 1 aromatic heterocycles. The summed E-state index contributed by atoms with van der Waals surface area (Å²) in [6.07, 6.45) is 2.49. The molecule has 0 aliphatic rings. The molecule has 0 radical (unpaired) electrons. The van der Waals surface area contributed by atoms with Gasteiger partial charge in [0.2, 0.25) is 0 Å². The van der Waals surface area contributed by atoms with Crippen molar-refractivity contribution < 1.29 is 9.53 Å². The number of nitrogens with one attached hydrogen (secondary N) is 1. The van der Waals surface area contributed by atoms with Crippen molar-refractivity contribution in [2.24, 2.45) is 0 Å². The summed E-state index contributed by atoms with van der Waals surface area (Å²) in [5.41, 5.74) is 5.49. The molecule has 0 aliphatic heterocycles. The van der Waals surface area contributed by atoms with Crippen LogP contribution in [0.15, 0.2) is 12.4 Å². The normalized spacial score (nSPS) is 9.81. The van der Waals surface area contributed by atoms with Gasteiger partial charge in [0.05, 0.1) is 6.61 Å². The fourth-order valence-corrected chi connectivity index (χ4v) is 1.15. The molecule has 0 atom stereocenters. The third kappa shape index (κ3) is 4.59. The summed E-state index contributed by atoms with van der Waals surface area (Å²) in [6, 6.07) is 1.64. The topological polar surface area (TPSA) is 90.1 Å². The molecule has 3 N–H and O–H groups in total. The summed E-state index contributed by atoms with van der Waals surface area (Å²) >= 11 is 0. The van der Waals surface area contributed by atoms with E-state index in [2.05, 4.69) is 15.3 Å². The quantitative estimate of drug-likeness (QED) is 0.549. The molecular formula is C10H16N4O2. The minimum absolute atomic E-state index is 0.175. The molecule has 0 aliphatic carbocycles. The highest BCUT2D eigenvalue weighted by Crippen LogP contribution is 2.04. The second-order valence-corrected chi connectivity index (χ2v) is 3.16. The molecule has 88 valence electrons. The maximum atomic E-state index is 11.0. The van der Waals surface area contributed by atoms with Crippen molar-refractivity contribution in [3.63, 3.8) is 0 Å². The molecule has 6 heteroatoms. The van der Waals surface area contributed by atoms with Crippen LogP contribution in [-0.4, -0.2) is 29.1 Å². The first-order valence-electron chi connectivity index (χ1n) is 5.19. The lowest BCUT2D eigenvalue weighted by Crippen LogP contribution is -2.09. The molecule has 1 aromatic rings. The zero-order chi connectivity index (χ0) is 11.8. The molecule has 16 heavy (non-hydrogen) atoms. The molecule has 0 saturated carbocycles. The Morgan fingerprint density at radius 3 is 3.06 bits per heavy atom. The lowest BCUT2D eigenvalue weighted by Gasteiger charge is -2.05. The van der Waals surface area contributed by atoms with E-state index in [0.717, 1.165) is 0 Å². The van der Waals surface area contributed by atoms with Gasteiger partial charge in [-0.2, -0.15) is 0 Å². The molecule has 6 nitrogen and oxygen atoms in total. The van der Waals surface area contributed by atoms with Crippen LogP contribution in [0.1, 0.15) is 19.8 Å². The van der Waals surface area contributed by atoms with Crippen LogP contribution >= 0.6 is 0 Å². The number of nitrogen functional groups attached to an aromatic ring is 1. The van der Waals surface area contributed by atoms with Gasteiger partial charge in [-0.05, 0) is 13.3 Å². The fourth-order valence-electron chi connectivity index (χ4n) is 1.15. The highest BCUT2D eigenvalue weighted by Gasteiger charge is 2.01. The van der Waals surface area contributed by atoms with Crippen molar-refractivity contribution in [1.82, 2.24) is 9.97 Å². The number of carbonyl (C=O) groups excluding carboxylic acids is 1. The average Bonchev–Trinajstić information content (AvgIpc) is 2.25. The van der Waals surface area contributed by atoms with Gasteiger partial charge in [-0.3, -0.25) is 4.79 Å². The van der Waals surface area contributed by atoms with E-state index < -0.39 is 0 Å². The van der Waals surface area contributed by atoms with Gasteiger partial charge in [-0.15, -0.1) is 0 Å². The first kappa shape index (κ1) is 12.2. The van der Waals surface area contributed by atoms with Crippen LogP contribution in [0.2, 0.25) is 0 Å². The van der Waals surface area contributed by atoms with Crippen LogP contribution in [0.25, 0.3) is 0 Å². The number of hydrogen-bond acceptors (Lipinski definition) is 6. The van der Waals surface area contributed by atoms with Gasteiger partial charge in [-0.25, -0.2) is 9.97 Å². The Kier molecular flexibility index (Phi) is 5.04. The van der Waals surface area contributed by atoms with Gasteiger partial charge in [0.15, 0.2) is 0 Å². The van der Waals surface area contributed by atoms with Crippen LogP contribution < -0.4 is 11.1 Å². The Hall–Kier alpha value is -1.85. The zero-order valence-electron chi connectivity index (χ0n) is 9.27. The number of carbonyl (C=O) groups is 1. The van der Waals surface area contributed by atoms with Gasteiger partial charge in [0.25, 0.3) is 0 Å². The van der Waals surface area contributed by atoms with E-state index in [1.807, 2.05) is 0 Å². The van der Waals surface area contributed by atoms with Crippen molar-refractivity contribution in [1.29, 1.82) is 0 Å². The Morgan fingerprint density at radius 2 is 2.38 bits per heavy atom. The standard InChI is InChI=1S/C10H16N4O2/c1-2-16-10(15)4-3-5-12-9-6-8(11)13-7-14-9/h6-7H,2-5H2,1H3,(H3,11,12,13,14). The van der Waals surface area contributed by atoms with E-state index >= 15 is 0 Å². The monoisotopic (exact) mass is 224 g/mol. The number of aromatic nitrogens is 2. The second kappa shape index (κ2) is 6.60. The number of nitrogens with zero attached hydrogens (tertiary/aromatic N) is 2. The lowest BCUT2D eigenvalue weighted by atomic mass is 10.3. The van der Waals surface area contributed by atoms with E-state index in [1.54, 1.807) is 13.0 Å². The third-order valence-electron chi connectivity index (χ3n) is 1.86. The molecule has 0 unspecified atom stereocenters. The SMILES string of the molecule is CCOC(=O)CCCNc1cc(N)ncn1. The Balaban J connectivity index is 2.18. The number of esters is 1. The number of hydrogen-bond donors (Lipinski definition) is 2. The smallest absolute Gasteiger partial charge is 0.305 e. The van der Waals surface area contributed by atoms with Gasteiger partial charge in [0, 0.05) is 19.0 Å². The molecule has 1 heterocycles. The number of nitrogens with two attached hydrogens (primary N) is 1. The van der Waals surface area contributed by atoms with Gasteiger partial charge in [-0.1, -0.05) is 0 Å². The summed E-state index contributed by atoms with van der Waals surface area (Å²) in [5.74, 6) is 0.908. The fraction of sp³-hybridized carbons (Fsp3) is 0.500. The summed E-state index contributed by atoms with van der Waals surface area (Å²) in [6.45, 7) is 2.86. The number of rotatable bonds is 6. The van der Waals surface area contributed by atoms with Crippen molar-refractivity contribution in [3.8, 4) is 0 Å². The molecule has 0 aromatic carbocycles. The van der Waals surface area contributed by atoms with E-state index in [1.165, 1.54) is 6.33 Å². The van der Waals surface area contributed by atoms with E-state index in [-0.39, 0.29) is 5.97 Å². The molecule has 1 rings (SSSR count). The maximum Gasteiger partial charge on any atom is 0.305 e. The highest BCUT2D eigenvalue weighted by atomic mass is 16.5. The van der Waals surface area contributed by atoms with Crippen molar-refractivity contribution in [2.45, 2.75) is 19.8 Å². The average molecular weight is 224 g/mol. The Labute approximate surface area is 94.2 Å². The largest absolute Gasteiger partial charge is 0.466 e. The summed E-state index contributed by atoms with van der Waals surface area (Å²) in [7, 11) is 0. The summed E-state index contributed by atoms with van der Waals surface area (Å²) in [5, 5.41) is 3.04. The number of anilines is 2. The Morgan fingerprint density at radius 1 is 1.56 bits per heavy atom. The number of ether oxygens (including phenoxy) is 1. The van der Waals surface area contributed by atoms with E-state index in [4.69, 9.17) is 10.5 Å². The van der Waals surface area contributed by atoms with Crippen LogP contribution in [0.5, 0.6) is 0 Å². The van der Waals surface area contributed by atoms with Gasteiger partial charge < -0.3 is 15.8 Å². The summed E-state index contributed by atoms with van der Waals surface area (Å²) in [4.78, 5) is 18.8. The van der Waals surface area contributed by atoms with E-state index in [9.17, 15) is 4.79 Å². The van der Waals surface area contributed by atoms with E-state index in [0.29, 0.717) is 37.6 Å². The predicted octanol–water partition coefficient (Wildman–Crippen LogP) is 0.814. The van der Waals surface area contributed by atoms with Crippen molar-refractivity contribution >= 4 is 17.6 Å². The van der Waals surface area contributed by atoms with Gasteiger partial charge in [0.1, 0.15) is 18.0 Å². The van der Waals surface area contributed by atoms with Crippen molar-refractivity contribution in [2.75, 3.05) is 24.2 Å². The molecule has 0 saturated heterocycles. The minimum atomic E-state index is -0.175. The molecule has 0 amide bonds. The zero-order valence-corrected chi connectivity index (χ0v) is 9.27. The minimum Gasteiger partial charge on any atom is -0.466 e. The predicted molar refractivity (Wildman–Crippen MR) is 60.8 cm³/mol. The van der Waals surface area contributed by atoms with Crippen LogP contribution in [0.3, 0.4) is 0 Å². The third-order valence-corrected chi connectivity index (χ3v) is 1.86. The maximum absolute atomic E-state index is 11.0.